The summed E-state index contributed by atoms with van der Waals surface area (Å²) in [5, 5.41) is 8.60. The molecule has 8 heteroatoms. The summed E-state index contributed by atoms with van der Waals surface area (Å²) >= 11 is 1.37. The van der Waals surface area contributed by atoms with E-state index in [2.05, 4.69) is 20.9 Å². The quantitative estimate of drug-likeness (QED) is 0.551. The van der Waals surface area contributed by atoms with Crippen molar-refractivity contribution in [3.63, 3.8) is 0 Å². The third kappa shape index (κ3) is 3.81. The molecule has 1 aliphatic rings. The molecule has 1 aliphatic heterocycles. The van der Waals surface area contributed by atoms with Crippen molar-refractivity contribution in [1.29, 1.82) is 0 Å². The first kappa shape index (κ1) is 19.8. The van der Waals surface area contributed by atoms with Gasteiger partial charge in [-0.25, -0.2) is 9.78 Å². The van der Waals surface area contributed by atoms with E-state index in [9.17, 15) is 14.4 Å². The zero-order chi connectivity index (χ0) is 21.3. The number of rotatable bonds is 5. The third-order valence-corrected chi connectivity index (χ3v) is 6.14. The molecule has 2 aromatic carbocycles. The second kappa shape index (κ2) is 7.72. The molecule has 2 heterocycles. The largest absolute Gasteiger partial charge is 0.322 e. The molecular weight excluding hydrogens is 400 g/mol. The number of hydrogen-bond donors (Lipinski definition) is 3. The second-order valence-electron chi connectivity index (χ2n) is 7.25. The predicted octanol–water partition coefficient (Wildman–Crippen LogP) is 3.35. The van der Waals surface area contributed by atoms with Crippen molar-refractivity contribution in [2.24, 2.45) is 0 Å². The van der Waals surface area contributed by atoms with E-state index in [1.165, 1.54) is 11.3 Å². The lowest BCUT2D eigenvalue weighted by Crippen LogP contribution is -2.40. The van der Waals surface area contributed by atoms with Crippen molar-refractivity contribution < 1.29 is 14.4 Å². The Morgan fingerprint density at radius 3 is 2.60 bits per heavy atom. The summed E-state index contributed by atoms with van der Waals surface area (Å²) in [4.78, 5) is 41.6. The van der Waals surface area contributed by atoms with Crippen molar-refractivity contribution in [3.05, 3.63) is 81.3 Å². The summed E-state index contributed by atoms with van der Waals surface area (Å²) in [6.45, 7) is 3.44. The van der Waals surface area contributed by atoms with Crippen molar-refractivity contribution in [3.8, 4) is 0 Å². The zero-order valence-electron chi connectivity index (χ0n) is 16.5. The Morgan fingerprint density at radius 1 is 1.13 bits per heavy atom. The molecular formula is C22H20N4O3S. The van der Waals surface area contributed by atoms with Crippen LogP contribution in [0.25, 0.3) is 0 Å². The monoisotopic (exact) mass is 420 g/mol. The summed E-state index contributed by atoms with van der Waals surface area (Å²) in [6.07, 6.45) is 0.669. The van der Waals surface area contributed by atoms with Gasteiger partial charge in [0, 0.05) is 12.1 Å². The standard InChI is InChI=1S/C22H20N4O3S/c1-13-18(30-17(23-13)11-14-7-4-3-5-8-14)19(27)24-16-10-6-9-15(12-16)22(2)20(28)25-21(29)26-22/h3-10,12H,11H2,1-2H3,(H,24,27)(H2,25,26,28,29). The van der Waals surface area contributed by atoms with Gasteiger partial charge in [0.05, 0.1) is 10.7 Å². The average Bonchev–Trinajstić information content (AvgIpc) is 3.21. The first-order valence-electron chi connectivity index (χ1n) is 9.41. The van der Waals surface area contributed by atoms with Gasteiger partial charge in [-0.15, -0.1) is 11.3 Å². The number of carbonyl (C=O) groups excluding carboxylic acids is 3. The molecule has 0 spiro atoms. The minimum Gasteiger partial charge on any atom is -0.321 e. The third-order valence-electron chi connectivity index (χ3n) is 4.99. The molecule has 1 unspecified atom stereocenters. The van der Waals surface area contributed by atoms with E-state index in [4.69, 9.17) is 0 Å². The Hall–Kier alpha value is -3.52. The summed E-state index contributed by atoms with van der Waals surface area (Å²) in [5.41, 5.74) is 1.74. The van der Waals surface area contributed by atoms with Gasteiger partial charge in [-0.2, -0.15) is 0 Å². The Balaban J connectivity index is 1.52. The van der Waals surface area contributed by atoms with Crippen molar-refractivity contribution in [2.45, 2.75) is 25.8 Å². The molecule has 3 N–H and O–H groups in total. The molecule has 0 bridgehead atoms. The van der Waals surface area contributed by atoms with Crippen LogP contribution in [0, 0.1) is 6.92 Å². The van der Waals surface area contributed by atoms with Gasteiger partial charge in [0.15, 0.2) is 0 Å². The van der Waals surface area contributed by atoms with Crippen molar-refractivity contribution in [1.82, 2.24) is 15.6 Å². The SMILES string of the molecule is Cc1nc(Cc2ccccc2)sc1C(=O)Nc1cccc(C2(C)NC(=O)NC2=O)c1. The molecule has 30 heavy (non-hydrogen) atoms. The Bertz CT molecular complexity index is 1140. The fraction of sp³-hybridized carbons (Fsp3) is 0.182. The minimum atomic E-state index is -1.18. The highest BCUT2D eigenvalue weighted by Gasteiger charge is 2.43. The van der Waals surface area contributed by atoms with Crippen LogP contribution in [0.3, 0.4) is 0 Å². The molecule has 1 atom stereocenters. The number of amides is 4. The van der Waals surface area contributed by atoms with Crippen molar-refractivity contribution >= 4 is 34.9 Å². The maximum absolute atomic E-state index is 12.8. The number of aromatic nitrogens is 1. The van der Waals surface area contributed by atoms with Crippen LogP contribution < -0.4 is 16.0 Å². The number of urea groups is 1. The van der Waals surface area contributed by atoms with Gasteiger partial charge in [0.25, 0.3) is 11.8 Å². The highest BCUT2D eigenvalue weighted by Crippen LogP contribution is 2.27. The van der Waals surface area contributed by atoms with E-state index in [0.717, 1.165) is 10.6 Å². The zero-order valence-corrected chi connectivity index (χ0v) is 17.3. The summed E-state index contributed by atoms with van der Waals surface area (Å²) < 4.78 is 0. The highest BCUT2D eigenvalue weighted by molar-refractivity contribution is 7.14. The van der Waals surface area contributed by atoms with Crippen LogP contribution in [-0.2, 0) is 16.8 Å². The number of thiazole rings is 1. The second-order valence-corrected chi connectivity index (χ2v) is 8.34. The first-order chi connectivity index (χ1) is 14.3. The number of nitrogens with zero attached hydrogens (tertiary/aromatic N) is 1. The fourth-order valence-electron chi connectivity index (χ4n) is 3.35. The number of imide groups is 1. The van der Waals surface area contributed by atoms with Gasteiger partial charge in [-0.05, 0) is 37.1 Å². The molecule has 4 amide bonds. The average molecular weight is 420 g/mol. The molecule has 3 aromatic rings. The van der Waals surface area contributed by atoms with Crippen LogP contribution in [0.1, 0.15) is 38.4 Å². The number of nitrogens with one attached hydrogen (secondary N) is 3. The molecule has 152 valence electrons. The smallest absolute Gasteiger partial charge is 0.321 e. The van der Waals surface area contributed by atoms with Gasteiger partial charge in [0.1, 0.15) is 10.4 Å². The maximum Gasteiger partial charge on any atom is 0.322 e. The van der Waals surface area contributed by atoms with Crippen LogP contribution >= 0.6 is 11.3 Å². The lowest BCUT2D eigenvalue weighted by Gasteiger charge is -2.21. The van der Waals surface area contributed by atoms with Crippen LogP contribution in [0.4, 0.5) is 10.5 Å². The summed E-state index contributed by atoms with van der Waals surface area (Å²) in [6, 6.07) is 16.3. The van der Waals surface area contributed by atoms with Gasteiger partial charge >= 0.3 is 6.03 Å². The summed E-state index contributed by atoms with van der Waals surface area (Å²) in [7, 11) is 0. The van der Waals surface area contributed by atoms with Crippen LogP contribution in [0.5, 0.6) is 0 Å². The number of anilines is 1. The molecule has 1 saturated heterocycles. The molecule has 1 fully saturated rings. The minimum absolute atomic E-state index is 0.258. The van der Waals surface area contributed by atoms with Gasteiger partial charge in [-0.1, -0.05) is 42.5 Å². The van der Waals surface area contributed by atoms with E-state index in [0.29, 0.717) is 28.2 Å². The normalized spacial score (nSPS) is 18.1. The lowest BCUT2D eigenvalue weighted by molar-refractivity contribution is -0.123. The van der Waals surface area contributed by atoms with Crippen LogP contribution in [0.15, 0.2) is 54.6 Å². The fourth-order valence-corrected chi connectivity index (χ4v) is 4.35. The predicted molar refractivity (Wildman–Crippen MR) is 115 cm³/mol. The van der Waals surface area contributed by atoms with Crippen LogP contribution in [-0.4, -0.2) is 22.8 Å². The molecule has 1 aromatic heterocycles. The molecule has 0 radical (unpaired) electrons. The number of aryl methyl sites for hydroxylation is 1. The van der Waals surface area contributed by atoms with Crippen LogP contribution in [0.2, 0.25) is 0 Å². The summed E-state index contributed by atoms with van der Waals surface area (Å²) in [5.74, 6) is -0.689. The Kier molecular flexibility index (Phi) is 5.09. The van der Waals surface area contributed by atoms with E-state index in [1.807, 2.05) is 37.3 Å². The first-order valence-corrected chi connectivity index (χ1v) is 10.2. The number of hydrogen-bond acceptors (Lipinski definition) is 5. The molecule has 0 saturated carbocycles. The Morgan fingerprint density at radius 2 is 1.90 bits per heavy atom. The van der Waals surface area contributed by atoms with E-state index in [1.54, 1.807) is 31.2 Å². The molecule has 7 nitrogen and oxygen atoms in total. The van der Waals surface area contributed by atoms with E-state index < -0.39 is 17.5 Å². The maximum atomic E-state index is 12.8. The van der Waals surface area contributed by atoms with Gasteiger partial charge in [-0.3, -0.25) is 14.9 Å². The highest BCUT2D eigenvalue weighted by atomic mass is 32.1. The molecule has 4 rings (SSSR count). The van der Waals surface area contributed by atoms with Gasteiger partial charge < -0.3 is 10.6 Å². The van der Waals surface area contributed by atoms with E-state index >= 15 is 0 Å². The lowest BCUT2D eigenvalue weighted by atomic mass is 9.92. The number of carbonyl (C=O) groups is 3. The Labute approximate surface area is 177 Å². The van der Waals surface area contributed by atoms with E-state index in [-0.39, 0.29) is 5.91 Å². The van der Waals surface area contributed by atoms with Crippen molar-refractivity contribution in [2.75, 3.05) is 5.32 Å². The number of benzene rings is 2. The molecule has 0 aliphatic carbocycles. The van der Waals surface area contributed by atoms with Gasteiger partial charge in [0.2, 0.25) is 0 Å². The topological polar surface area (TPSA) is 100 Å².